The molecule has 0 aliphatic carbocycles. The number of piperazine rings is 1. The first-order valence-corrected chi connectivity index (χ1v) is 8.87. The SMILES string of the molecule is C[C@H]1C[C@@H](CN2CCN(Cc3ccc(Cl)cc3)CC2)CCO1. The monoisotopic (exact) mass is 322 g/mol. The van der Waals surface area contributed by atoms with Gasteiger partial charge in [-0.15, -0.1) is 0 Å². The Balaban J connectivity index is 1.41. The zero-order valence-corrected chi connectivity index (χ0v) is 14.3. The number of ether oxygens (including phenoxy) is 1. The van der Waals surface area contributed by atoms with Crippen molar-refractivity contribution < 1.29 is 4.74 Å². The molecule has 122 valence electrons. The Morgan fingerprint density at radius 1 is 1.09 bits per heavy atom. The summed E-state index contributed by atoms with van der Waals surface area (Å²) in [6.45, 7) is 10.2. The molecule has 2 fully saturated rings. The maximum atomic E-state index is 5.95. The molecule has 0 amide bonds. The van der Waals surface area contributed by atoms with Crippen molar-refractivity contribution in [3.8, 4) is 0 Å². The number of halogens is 1. The molecule has 0 unspecified atom stereocenters. The van der Waals surface area contributed by atoms with Gasteiger partial charge in [0.15, 0.2) is 0 Å². The highest BCUT2D eigenvalue weighted by Crippen LogP contribution is 2.21. The van der Waals surface area contributed by atoms with Gasteiger partial charge in [-0.2, -0.15) is 0 Å². The predicted molar refractivity (Wildman–Crippen MR) is 91.3 cm³/mol. The van der Waals surface area contributed by atoms with Gasteiger partial charge in [-0.1, -0.05) is 23.7 Å². The van der Waals surface area contributed by atoms with Crippen LogP contribution in [0.4, 0.5) is 0 Å². The van der Waals surface area contributed by atoms with Crippen LogP contribution >= 0.6 is 11.6 Å². The molecule has 22 heavy (non-hydrogen) atoms. The van der Waals surface area contributed by atoms with Crippen LogP contribution in [0.25, 0.3) is 0 Å². The van der Waals surface area contributed by atoms with E-state index in [2.05, 4.69) is 28.9 Å². The van der Waals surface area contributed by atoms with E-state index in [9.17, 15) is 0 Å². The lowest BCUT2D eigenvalue weighted by molar-refractivity contribution is -0.00958. The van der Waals surface area contributed by atoms with Gasteiger partial charge < -0.3 is 9.64 Å². The molecule has 2 atom stereocenters. The van der Waals surface area contributed by atoms with E-state index in [-0.39, 0.29) is 0 Å². The molecule has 2 heterocycles. The quantitative estimate of drug-likeness (QED) is 0.846. The molecule has 2 aliphatic rings. The van der Waals surface area contributed by atoms with E-state index in [1.54, 1.807) is 0 Å². The molecule has 0 saturated carbocycles. The van der Waals surface area contributed by atoms with E-state index in [0.717, 1.165) is 24.1 Å². The zero-order chi connectivity index (χ0) is 15.4. The highest BCUT2D eigenvalue weighted by molar-refractivity contribution is 6.30. The summed E-state index contributed by atoms with van der Waals surface area (Å²) in [5.74, 6) is 0.826. The Labute approximate surface area is 139 Å². The highest BCUT2D eigenvalue weighted by Gasteiger charge is 2.24. The number of hydrogen-bond acceptors (Lipinski definition) is 3. The first kappa shape index (κ1) is 16.3. The summed E-state index contributed by atoms with van der Waals surface area (Å²) in [6.07, 6.45) is 2.91. The fraction of sp³-hybridized carbons (Fsp3) is 0.667. The smallest absolute Gasteiger partial charge is 0.0550 e. The average Bonchev–Trinajstić information content (AvgIpc) is 2.52. The summed E-state index contributed by atoms with van der Waals surface area (Å²) in [4.78, 5) is 5.19. The van der Waals surface area contributed by atoms with Crippen LogP contribution in [0.5, 0.6) is 0 Å². The van der Waals surface area contributed by atoms with E-state index in [0.29, 0.717) is 6.10 Å². The van der Waals surface area contributed by atoms with E-state index in [4.69, 9.17) is 16.3 Å². The minimum Gasteiger partial charge on any atom is -0.378 e. The number of nitrogens with zero attached hydrogens (tertiary/aromatic N) is 2. The van der Waals surface area contributed by atoms with Crippen molar-refractivity contribution in [2.75, 3.05) is 39.3 Å². The topological polar surface area (TPSA) is 15.7 Å². The Hall–Kier alpha value is -0.610. The summed E-state index contributed by atoms with van der Waals surface area (Å²) in [5, 5.41) is 0.819. The highest BCUT2D eigenvalue weighted by atomic mass is 35.5. The Morgan fingerprint density at radius 2 is 1.77 bits per heavy atom. The third-order valence-corrected chi connectivity index (χ3v) is 5.15. The van der Waals surface area contributed by atoms with Crippen LogP contribution in [-0.4, -0.2) is 55.2 Å². The van der Waals surface area contributed by atoms with Crippen molar-refractivity contribution in [3.05, 3.63) is 34.9 Å². The summed E-state index contributed by atoms with van der Waals surface area (Å²) >= 11 is 5.95. The third kappa shape index (κ3) is 4.69. The van der Waals surface area contributed by atoms with E-state index < -0.39 is 0 Å². The molecule has 3 rings (SSSR count). The zero-order valence-electron chi connectivity index (χ0n) is 13.5. The molecule has 1 aromatic rings. The molecule has 0 aromatic heterocycles. The van der Waals surface area contributed by atoms with Crippen molar-refractivity contribution in [1.82, 2.24) is 9.80 Å². The largest absolute Gasteiger partial charge is 0.378 e. The number of benzene rings is 1. The van der Waals surface area contributed by atoms with Gasteiger partial charge in [-0.05, 0) is 43.4 Å². The van der Waals surface area contributed by atoms with Gasteiger partial charge in [0.05, 0.1) is 6.10 Å². The fourth-order valence-electron chi connectivity index (χ4n) is 3.60. The molecule has 0 radical (unpaired) electrons. The van der Waals surface area contributed by atoms with Gasteiger partial charge in [-0.3, -0.25) is 4.90 Å². The van der Waals surface area contributed by atoms with Gasteiger partial charge in [0, 0.05) is 50.9 Å². The lowest BCUT2D eigenvalue weighted by atomic mass is 9.95. The van der Waals surface area contributed by atoms with Gasteiger partial charge in [-0.25, -0.2) is 0 Å². The van der Waals surface area contributed by atoms with Crippen molar-refractivity contribution in [1.29, 1.82) is 0 Å². The lowest BCUT2D eigenvalue weighted by Gasteiger charge is -2.38. The summed E-state index contributed by atoms with van der Waals surface area (Å²) in [6, 6.07) is 8.25. The van der Waals surface area contributed by atoms with Gasteiger partial charge in [0.25, 0.3) is 0 Å². The van der Waals surface area contributed by atoms with Crippen LogP contribution < -0.4 is 0 Å². The van der Waals surface area contributed by atoms with Gasteiger partial charge in [0.2, 0.25) is 0 Å². The number of rotatable bonds is 4. The van der Waals surface area contributed by atoms with Crippen LogP contribution in [0.2, 0.25) is 5.02 Å². The molecule has 1 aromatic carbocycles. The maximum Gasteiger partial charge on any atom is 0.0550 e. The molecule has 2 aliphatic heterocycles. The predicted octanol–water partition coefficient (Wildman–Crippen LogP) is 3.27. The van der Waals surface area contributed by atoms with E-state index in [1.165, 1.54) is 51.1 Å². The molecule has 0 spiro atoms. The fourth-order valence-corrected chi connectivity index (χ4v) is 3.73. The minimum absolute atomic E-state index is 0.449. The van der Waals surface area contributed by atoms with Crippen LogP contribution in [0.1, 0.15) is 25.3 Å². The van der Waals surface area contributed by atoms with Gasteiger partial charge in [0.1, 0.15) is 0 Å². The third-order valence-electron chi connectivity index (χ3n) is 4.89. The lowest BCUT2D eigenvalue weighted by Crippen LogP contribution is -2.48. The summed E-state index contributed by atoms with van der Waals surface area (Å²) in [5.41, 5.74) is 1.36. The van der Waals surface area contributed by atoms with Crippen molar-refractivity contribution in [2.45, 2.75) is 32.4 Å². The van der Waals surface area contributed by atoms with Crippen LogP contribution in [0.3, 0.4) is 0 Å². The van der Waals surface area contributed by atoms with Crippen LogP contribution in [0, 0.1) is 5.92 Å². The van der Waals surface area contributed by atoms with Gasteiger partial charge >= 0.3 is 0 Å². The Bertz CT molecular complexity index is 457. The molecule has 2 saturated heterocycles. The van der Waals surface area contributed by atoms with Crippen molar-refractivity contribution in [3.63, 3.8) is 0 Å². The molecule has 0 bridgehead atoms. The van der Waals surface area contributed by atoms with Crippen LogP contribution in [0.15, 0.2) is 24.3 Å². The molecule has 4 heteroatoms. The Morgan fingerprint density at radius 3 is 2.45 bits per heavy atom. The second kappa shape index (κ2) is 7.78. The summed E-state index contributed by atoms with van der Waals surface area (Å²) in [7, 11) is 0. The first-order valence-electron chi connectivity index (χ1n) is 8.50. The summed E-state index contributed by atoms with van der Waals surface area (Å²) < 4.78 is 5.65. The van der Waals surface area contributed by atoms with E-state index in [1.807, 2.05) is 12.1 Å². The van der Waals surface area contributed by atoms with Crippen molar-refractivity contribution >= 4 is 11.6 Å². The molecular weight excluding hydrogens is 296 g/mol. The normalized spacial score (nSPS) is 27.9. The minimum atomic E-state index is 0.449. The van der Waals surface area contributed by atoms with Crippen molar-refractivity contribution in [2.24, 2.45) is 5.92 Å². The first-order chi connectivity index (χ1) is 10.7. The molecule has 0 N–H and O–H groups in total. The van der Waals surface area contributed by atoms with Crippen LogP contribution in [-0.2, 0) is 11.3 Å². The molecule has 3 nitrogen and oxygen atoms in total. The number of hydrogen-bond donors (Lipinski definition) is 0. The second-order valence-electron chi connectivity index (χ2n) is 6.78. The maximum absolute atomic E-state index is 5.95. The Kier molecular flexibility index (Phi) is 5.75. The van der Waals surface area contributed by atoms with E-state index >= 15 is 0 Å². The average molecular weight is 323 g/mol. The molecular formula is C18H27ClN2O. The second-order valence-corrected chi connectivity index (χ2v) is 7.21. The standard InChI is InChI=1S/C18H27ClN2O/c1-15-12-17(6-11-22-15)14-21-9-7-20(8-10-21)13-16-2-4-18(19)5-3-16/h2-5,15,17H,6-14H2,1H3/t15-,17-/m0/s1.